The van der Waals surface area contributed by atoms with Crippen molar-refractivity contribution in [1.82, 2.24) is 0 Å². The molecule has 0 unspecified atom stereocenters. The second-order valence-corrected chi connectivity index (χ2v) is 2.22. The number of hydrogen-bond acceptors (Lipinski definition) is 3. The van der Waals surface area contributed by atoms with Gasteiger partial charge in [0, 0.05) is 10.9 Å². The fourth-order valence-corrected chi connectivity index (χ4v) is 1.09. The predicted octanol–water partition coefficient (Wildman–Crippen LogP) is 1.04. The molecule has 0 aromatic carbocycles. The van der Waals surface area contributed by atoms with E-state index in [0.29, 0.717) is 5.56 Å². The predicted molar refractivity (Wildman–Crippen MR) is 34.3 cm³/mol. The first-order valence-corrected chi connectivity index (χ1v) is 3.23. The van der Waals surface area contributed by atoms with Crippen LogP contribution in [0.1, 0.15) is 10.4 Å². The molecule has 2 nitrogen and oxygen atoms in total. The maximum Gasteiger partial charge on any atom is 0.277 e. The lowest BCUT2D eigenvalue weighted by Gasteiger charge is -1.77. The average Bonchev–Trinajstić information content (AvgIpc) is 2.37. The molecule has 0 amide bonds. The van der Waals surface area contributed by atoms with Crippen LogP contribution < -0.4 is 0 Å². The highest BCUT2D eigenvalue weighted by molar-refractivity contribution is 7.08. The Labute approximate surface area is 56.1 Å². The Kier molecular flexibility index (Phi) is 1.75. The maximum atomic E-state index is 10.5. The minimum absolute atomic E-state index is 0.426. The molecule has 1 rings (SSSR count). The normalized spacial score (nSPS) is 8.89. The number of hydrogen-bond donors (Lipinski definition) is 0. The summed E-state index contributed by atoms with van der Waals surface area (Å²) in [6.07, 6.45) is 1.29. The first-order valence-electron chi connectivity index (χ1n) is 2.29. The average molecular weight is 139 g/mol. The third-order valence-electron chi connectivity index (χ3n) is 0.876. The van der Waals surface area contributed by atoms with E-state index in [0.717, 1.165) is 0 Å². The van der Waals surface area contributed by atoms with E-state index in [1.54, 1.807) is 16.8 Å². The molecule has 0 aliphatic carbocycles. The molecule has 1 aromatic rings. The molecule has 0 bridgehead atoms. The quantitative estimate of drug-likeness (QED) is 0.453. The molecular formula is C6H3O2S. The van der Waals surface area contributed by atoms with Gasteiger partial charge in [0.05, 0.1) is 0 Å². The van der Waals surface area contributed by atoms with E-state index in [2.05, 4.69) is 0 Å². The molecule has 0 aliphatic heterocycles. The Hall–Kier alpha value is -0.960. The molecule has 1 aromatic heterocycles. The fraction of sp³-hybridized carbons (Fsp3) is 0. The standard InChI is InChI=1S/C6H3O2S/c7-3-6(8)5-1-2-9-4-5/h1-2,4H. The van der Waals surface area contributed by atoms with Crippen molar-refractivity contribution in [3.8, 4) is 0 Å². The zero-order chi connectivity index (χ0) is 6.69. The van der Waals surface area contributed by atoms with Crippen LogP contribution in [0.25, 0.3) is 0 Å². The highest BCUT2D eigenvalue weighted by Gasteiger charge is 2.02. The van der Waals surface area contributed by atoms with Crippen molar-refractivity contribution in [2.24, 2.45) is 0 Å². The summed E-state index contributed by atoms with van der Waals surface area (Å²) in [7, 11) is 0. The van der Waals surface area contributed by atoms with Crippen molar-refractivity contribution in [1.29, 1.82) is 0 Å². The van der Waals surface area contributed by atoms with Crippen molar-refractivity contribution >= 4 is 23.4 Å². The van der Waals surface area contributed by atoms with Gasteiger partial charge in [-0.3, -0.25) is 9.59 Å². The second-order valence-electron chi connectivity index (χ2n) is 1.44. The molecule has 0 spiro atoms. The van der Waals surface area contributed by atoms with E-state index in [1.165, 1.54) is 17.6 Å². The largest absolute Gasteiger partial charge is 0.285 e. The number of ketones is 1. The molecule has 0 aliphatic rings. The molecule has 45 valence electrons. The number of rotatable bonds is 2. The Morgan fingerprint density at radius 1 is 1.67 bits per heavy atom. The van der Waals surface area contributed by atoms with Gasteiger partial charge in [-0.1, -0.05) is 0 Å². The number of Topliss-reactive ketones (excluding diaryl/α,β-unsaturated/α-hetero) is 1. The zero-order valence-electron chi connectivity index (χ0n) is 4.46. The van der Waals surface area contributed by atoms with Gasteiger partial charge >= 0.3 is 0 Å². The molecule has 3 heteroatoms. The van der Waals surface area contributed by atoms with Crippen LogP contribution in [0.15, 0.2) is 16.8 Å². The molecule has 1 heterocycles. The van der Waals surface area contributed by atoms with Crippen molar-refractivity contribution < 1.29 is 9.59 Å². The lowest BCUT2D eigenvalue weighted by atomic mass is 10.2. The monoisotopic (exact) mass is 139 g/mol. The van der Waals surface area contributed by atoms with Gasteiger partial charge in [-0.15, -0.1) is 0 Å². The summed E-state index contributed by atoms with van der Waals surface area (Å²) in [6, 6.07) is 1.60. The van der Waals surface area contributed by atoms with E-state index in [1.807, 2.05) is 0 Å². The Balaban J connectivity index is 2.89. The van der Waals surface area contributed by atoms with Crippen molar-refractivity contribution in [2.75, 3.05) is 0 Å². The molecule has 1 radical (unpaired) electrons. The van der Waals surface area contributed by atoms with E-state index < -0.39 is 5.78 Å². The maximum absolute atomic E-state index is 10.5. The summed E-state index contributed by atoms with van der Waals surface area (Å²) in [5.41, 5.74) is 0.426. The number of carbonyl (C=O) groups is 1. The summed E-state index contributed by atoms with van der Waals surface area (Å²) in [5.74, 6) is -0.573. The van der Waals surface area contributed by atoms with E-state index in [9.17, 15) is 9.59 Å². The van der Waals surface area contributed by atoms with Gasteiger partial charge in [-0.2, -0.15) is 11.3 Å². The Morgan fingerprint density at radius 3 is 2.89 bits per heavy atom. The van der Waals surface area contributed by atoms with Crippen molar-refractivity contribution in [3.63, 3.8) is 0 Å². The number of thiophene rings is 1. The molecule has 0 N–H and O–H groups in total. The lowest BCUT2D eigenvalue weighted by molar-refractivity contribution is 0.106. The molecule has 0 fully saturated rings. The van der Waals surface area contributed by atoms with Gasteiger partial charge in [0.15, 0.2) is 0 Å². The SMILES string of the molecule is O=[C]C(=O)c1ccsc1. The number of carbonyl (C=O) groups excluding carboxylic acids is 2. The Bertz CT molecular complexity index is 213. The van der Waals surface area contributed by atoms with E-state index >= 15 is 0 Å². The van der Waals surface area contributed by atoms with Gasteiger partial charge in [0.2, 0.25) is 5.78 Å². The Morgan fingerprint density at radius 2 is 2.44 bits per heavy atom. The highest BCUT2D eigenvalue weighted by Crippen LogP contribution is 2.04. The van der Waals surface area contributed by atoms with Gasteiger partial charge in [0.1, 0.15) is 0 Å². The second kappa shape index (κ2) is 2.55. The summed E-state index contributed by atoms with van der Waals surface area (Å²) < 4.78 is 0. The summed E-state index contributed by atoms with van der Waals surface area (Å²) in [5, 5.41) is 3.36. The van der Waals surface area contributed by atoms with E-state index in [-0.39, 0.29) is 0 Å². The fourth-order valence-electron chi connectivity index (χ4n) is 0.453. The lowest BCUT2D eigenvalue weighted by Crippen LogP contribution is -1.95. The minimum atomic E-state index is -0.573. The van der Waals surface area contributed by atoms with Gasteiger partial charge < -0.3 is 0 Å². The highest BCUT2D eigenvalue weighted by atomic mass is 32.1. The van der Waals surface area contributed by atoms with Gasteiger partial charge in [-0.25, -0.2) is 0 Å². The van der Waals surface area contributed by atoms with Crippen molar-refractivity contribution in [3.05, 3.63) is 22.4 Å². The topological polar surface area (TPSA) is 34.1 Å². The van der Waals surface area contributed by atoms with Crippen LogP contribution >= 0.6 is 11.3 Å². The van der Waals surface area contributed by atoms with Crippen LogP contribution in [0, 0.1) is 0 Å². The first kappa shape index (κ1) is 6.16. The summed E-state index contributed by atoms with van der Waals surface area (Å²) >= 11 is 1.38. The first-order chi connectivity index (χ1) is 4.34. The van der Waals surface area contributed by atoms with Crippen LogP contribution in [0.3, 0.4) is 0 Å². The molecule has 0 saturated heterocycles. The minimum Gasteiger partial charge on any atom is -0.285 e. The molecule has 9 heavy (non-hydrogen) atoms. The summed E-state index contributed by atoms with van der Waals surface area (Å²) in [6.45, 7) is 0. The van der Waals surface area contributed by atoms with E-state index in [4.69, 9.17) is 0 Å². The van der Waals surface area contributed by atoms with Crippen LogP contribution in [-0.4, -0.2) is 12.1 Å². The van der Waals surface area contributed by atoms with Crippen molar-refractivity contribution in [2.45, 2.75) is 0 Å². The van der Waals surface area contributed by atoms with Gasteiger partial charge in [-0.05, 0) is 11.4 Å². The van der Waals surface area contributed by atoms with Crippen LogP contribution in [0.4, 0.5) is 0 Å². The zero-order valence-corrected chi connectivity index (χ0v) is 5.27. The van der Waals surface area contributed by atoms with Crippen LogP contribution in [0.2, 0.25) is 0 Å². The van der Waals surface area contributed by atoms with Crippen LogP contribution in [-0.2, 0) is 4.79 Å². The molecular weight excluding hydrogens is 136 g/mol. The van der Waals surface area contributed by atoms with Crippen LogP contribution in [0.5, 0.6) is 0 Å². The third kappa shape index (κ3) is 1.23. The smallest absolute Gasteiger partial charge is 0.277 e. The molecule has 0 saturated carbocycles. The summed E-state index contributed by atoms with van der Waals surface area (Å²) in [4.78, 5) is 20.2. The van der Waals surface area contributed by atoms with Gasteiger partial charge in [0.25, 0.3) is 6.29 Å². The third-order valence-corrected chi connectivity index (χ3v) is 1.56. The molecule has 0 atom stereocenters.